The first-order valence-corrected chi connectivity index (χ1v) is 8.39. The van der Waals surface area contributed by atoms with Gasteiger partial charge in [-0.15, -0.1) is 0 Å². The van der Waals surface area contributed by atoms with E-state index in [0.717, 1.165) is 40.3 Å². The Kier molecular flexibility index (Phi) is 3.82. The second-order valence-corrected chi connectivity index (χ2v) is 7.11. The van der Waals surface area contributed by atoms with E-state index in [1.807, 2.05) is 23.2 Å². The molecule has 0 aliphatic carbocycles. The summed E-state index contributed by atoms with van der Waals surface area (Å²) < 4.78 is 3.23. The molecule has 0 unspecified atom stereocenters. The Labute approximate surface area is 134 Å². The van der Waals surface area contributed by atoms with E-state index in [0.29, 0.717) is 12.1 Å². The van der Waals surface area contributed by atoms with Crippen LogP contribution in [-0.4, -0.2) is 28.0 Å². The molecule has 4 heteroatoms. The topological polar surface area (TPSA) is 25.2 Å². The molecule has 2 heterocycles. The molecule has 1 aromatic carbocycles. The zero-order chi connectivity index (χ0) is 15.1. The summed E-state index contributed by atoms with van der Waals surface area (Å²) in [7, 11) is 0. The molecule has 21 heavy (non-hydrogen) atoms. The van der Waals surface area contributed by atoms with Gasteiger partial charge < -0.3 is 9.47 Å². The van der Waals surface area contributed by atoms with Crippen molar-refractivity contribution in [3.63, 3.8) is 0 Å². The first-order chi connectivity index (χ1) is 9.99. The first-order valence-electron chi connectivity index (χ1n) is 7.60. The molecule has 0 radical (unpaired) electrons. The lowest BCUT2D eigenvalue weighted by Crippen LogP contribution is -2.33. The van der Waals surface area contributed by atoms with Crippen molar-refractivity contribution >= 4 is 32.7 Å². The molecular formula is C17H21BrN2O. The van der Waals surface area contributed by atoms with Crippen LogP contribution in [0.1, 0.15) is 50.0 Å². The highest BCUT2D eigenvalue weighted by molar-refractivity contribution is 9.10. The van der Waals surface area contributed by atoms with Gasteiger partial charge in [0, 0.05) is 34.7 Å². The van der Waals surface area contributed by atoms with Crippen LogP contribution in [0.5, 0.6) is 0 Å². The van der Waals surface area contributed by atoms with E-state index in [1.165, 1.54) is 0 Å². The summed E-state index contributed by atoms with van der Waals surface area (Å²) in [5, 5.41) is 1.05. The number of carbonyl (C=O) groups is 1. The van der Waals surface area contributed by atoms with Crippen LogP contribution in [0.2, 0.25) is 0 Å². The zero-order valence-electron chi connectivity index (χ0n) is 12.8. The Morgan fingerprint density at radius 3 is 2.76 bits per heavy atom. The van der Waals surface area contributed by atoms with Crippen molar-refractivity contribution in [3.05, 3.63) is 34.4 Å². The summed E-state index contributed by atoms with van der Waals surface area (Å²) in [6.07, 6.45) is 4.25. The van der Waals surface area contributed by atoms with Gasteiger partial charge in [0.15, 0.2) is 0 Å². The van der Waals surface area contributed by atoms with Gasteiger partial charge in [-0.2, -0.15) is 0 Å². The van der Waals surface area contributed by atoms with Crippen molar-refractivity contribution < 1.29 is 4.79 Å². The maximum absolute atomic E-state index is 12.9. The van der Waals surface area contributed by atoms with Crippen LogP contribution in [0.4, 0.5) is 0 Å². The highest BCUT2D eigenvalue weighted by Crippen LogP contribution is 2.30. The molecule has 1 aliphatic rings. The van der Waals surface area contributed by atoms with Crippen LogP contribution in [0.3, 0.4) is 0 Å². The highest BCUT2D eigenvalue weighted by atomic mass is 79.9. The molecule has 0 bridgehead atoms. The molecule has 1 amide bonds. The summed E-state index contributed by atoms with van der Waals surface area (Å²) in [4.78, 5) is 14.9. The van der Waals surface area contributed by atoms with Gasteiger partial charge >= 0.3 is 0 Å². The number of rotatable bonds is 2. The Bertz CT molecular complexity index is 689. The van der Waals surface area contributed by atoms with Gasteiger partial charge in [0.2, 0.25) is 0 Å². The second-order valence-electron chi connectivity index (χ2n) is 6.20. The monoisotopic (exact) mass is 348 g/mol. The average molecular weight is 349 g/mol. The van der Waals surface area contributed by atoms with E-state index in [2.05, 4.69) is 47.3 Å². The molecule has 1 fully saturated rings. The van der Waals surface area contributed by atoms with Crippen molar-refractivity contribution in [1.29, 1.82) is 0 Å². The lowest BCUT2D eigenvalue weighted by Gasteiger charge is -2.21. The summed E-state index contributed by atoms with van der Waals surface area (Å²) in [5.41, 5.74) is 1.95. The van der Waals surface area contributed by atoms with Crippen molar-refractivity contribution in [3.8, 4) is 0 Å². The fourth-order valence-electron chi connectivity index (χ4n) is 3.21. The van der Waals surface area contributed by atoms with Crippen molar-refractivity contribution in [2.24, 2.45) is 0 Å². The zero-order valence-corrected chi connectivity index (χ0v) is 14.4. The van der Waals surface area contributed by atoms with Crippen LogP contribution in [0.15, 0.2) is 28.9 Å². The van der Waals surface area contributed by atoms with E-state index in [4.69, 9.17) is 0 Å². The summed E-state index contributed by atoms with van der Waals surface area (Å²) in [6, 6.07) is 6.84. The second kappa shape index (κ2) is 5.48. The Hall–Kier alpha value is -1.29. The third-order valence-corrected chi connectivity index (χ3v) is 4.89. The highest BCUT2D eigenvalue weighted by Gasteiger charge is 2.28. The number of hydrogen-bond donors (Lipinski definition) is 0. The van der Waals surface area contributed by atoms with Gasteiger partial charge in [-0.05, 0) is 45.7 Å². The fraction of sp³-hybridized carbons (Fsp3) is 0.471. The van der Waals surface area contributed by atoms with Crippen LogP contribution in [0, 0.1) is 0 Å². The molecule has 3 nitrogen and oxygen atoms in total. The van der Waals surface area contributed by atoms with Crippen molar-refractivity contribution in [1.82, 2.24) is 9.47 Å². The largest absolute Gasteiger partial charge is 0.344 e. The molecule has 1 atom stereocenters. The molecule has 3 rings (SSSR count). The normalized spacial score (nSPS) is 18.9. The van der Waals surface area contributed by atoms with Crippen LogP contribution >= 0.6 is 15.9 Å². The Morgan fingerprint density at radius 1 is 1.38 bits per heavy atom. The van der Waals surface area contributed by atoms with Crippen molar-refractivity contribution in [2.45, 2.75) is 45.7 Å². The lowest BCUT2D eigenvalue weighted by molar-refractivity contribution is 0.0749. The standard InChI is InChI=1S/C17H21BrN2O/c1-11(2)20-10-15(14-7-6-13(18)9-16(14)20)17(21)19-8-4-5-12(19)3/h6-7,9-12H,4-5,8H2,1-3H3/t12-/m1/s1. The van der Waals surface area contributed by atoms with Gasteiger partial charge in [-0.3, -0.25) is 4.79 Å². The predicted molar refractivity (Wildman–Crippen MR) is 89.8 cm³/mol. The minimum Gasteiger partial charge on any atom is -0.344 e. The van der Waals surface area contributed by atoms with E-state index in [1.54, 1.807) is 0 Å². The molecule has 0 spiro atoms. The van der Waals surface area contributed by atoms with Gasteiger partial charge in [-0.25, -0.2) is 0 Å². The quantitative estimate of drug-likeness (QED) is 0.777. The summed E-state index contributed by atoms with van der Waals surface area (Å²) in [5.74, 6) is 0.173. The summed E-state index contributed by atoms with van der Waals surface area (Å²) >= 11 is 3.53. The first kappa shape index (κ1) is 14.6. The lowest BCUT2D eigenvalue weighted by atomic mass is 10.1. The number of hydrogen-bond acceptors (Lipinski definition) is 1. The van der Waals surface area contributed by atoms with Gasteiger partial charge in [-0.1, -0.05) is 22.0 Å². The number of halogens is 1. The predicted octanol–water partition coefficient (Wildman–Crippen LogP) is 4.61. The molecule has 1 aliphatic heterocycles. The maximum Gasteiger partial charge on any atom is 0.256 e. The molecule has 0 N–H and O–H groups in total. The fourth-order valence-corrected chi connectivity index (χ4v) is 3.56. The molecular weight excluding hydrogens is 328 g/mol. The molecule has 1 saturated heterocycles. The molecule has 0 saturated carbocycles. The minimum atomic E-state index is 0.173. The minimum absolute atomic E-state index is 0.173. The molecule has 1 aromatic heterocycles. The van der Waals surface area contributed by atoms with Crippen LogP contribution in [-0.2, 0) is 0 Å². The number of aromatic nitrogens is 1. The van der Waals surface area contributed by atoms with Crippen molar-refractivity contribution in [2.75, 3.05) is 6.54 Å². The molecule has 2 aromatic rings. The third-order valence-electron chi connectivity index (χ3n) is 4.40. The maximum atomic E-state index is 12.9. The van der Waals surface area contributed by atoms with E-state index in [9.17, 15) is 4.79 Å². The summed E-state index contributed by atoms with van der Waals surface area (Å²) in [6.45, 7) is 7.31. The number of fused-ring (bicyclic) bond motifs is 1. The van der Waals surface area contributed by atoms with Gasteiger partial charge in [0.25, 0.3) is 5.91 Å². The Balaban J connectivity index is 2.12. The number of nitrogens with zero attached hydrogens (tertiary/aromatic N) is 2. The van der Waals surface area contributed by atoms with E-state index in [-0.39, 0.29) is 5.91 Å². The average Bonchev–Trinajstić information content (AvgIpc) is 3.01. The van der Waals surface area contributed by atoms with Crippen LogP contribution < -0.4 is 0 Å². The van der Waals surface area contributed by atoms with Gasteiger partial charge in [0.05, 0.1) is 11.1 Å². The van der Waals surface area contributed by atoms with Gasteiger partial charge in [0.1, 0.15) is 0 Å². The van der Waals surface area contributed by atoms with E-state index < -0.39 is 0 Å². The smallest absolute Gasteiger partial charge is 0.256 e. The third kappa shape index (κ3) is 2.50. The van der Waals surface area contributed by atoms with Crippen LogP contribution in [0.25, 0.3) is 10.9 Å². The number of amides is 1. The molecule has 112 valence electrons. The number of carbonyl (C=O) groups excluding carboxylic acids is 1. The van der Waals surface area contributed by atoms with E-state index >= 15 is 0 Å². The number of benzene rings is 1. The number of likely N-dealkylation sites (tertiary alicyclic amines) is 1. The SMILES string of the molecule is CC(C)n1cc(C(=O)N2CCC[C@H]2C)c2ccc(Br)cc21. The Morgan fingerprint density at radius 2 is 2.14 bits per heavy atom.